The largest absolute Gasteiger partial charge is 0.507 e. The molecule has 0 aliphatic rings. The first-order valence-corrected chi connectivity index (χ1v) is 9.84. The van der Waals surface area contributed by atoms with Crippen molar-refractivity contribution in [3.8, 4) is 28.1 Å². The Balaban J connectivity index is 1.90. The maximum atomic E-state index is 10.4. The van der Waals surface area contributed by atoms with Gasteiger partial charge in [0.25, 0.3) is 0 Å². The van der Waals surface area contributed by atoms with E-state index in [0.717, 1.165) is 21.9 Å². The van der Waals surface area contributed by atoms with Crippen LogP contribution in [0.5, 0.6) is 5.75 Å². The van der Waals surface area contributed by atoms with Gasteiger partial charge in [0.15, 0.2) is 5.82 Å². The molecule has 2 aromatic carbocycles. The number of phenolic OH excluding ortho intramolecular Hbond substituents is 1. The number of phenols is 1. The third kappa shape index (κ3) is 4.08. The maximum Gasteiger partial charge on any atom is 0.156 e. The Hall–Kier alpha value is -3.16. The van der Waals surface area contributed by atoms with Gasteiger partial charge in [0, 0.05) is 46.7 Å². The second-order valence-electron chi connectivity index (χ2n) is 7.89. The second-order valence-corrected chi connectivity index (χ2v) is 8.32. The van der Waals surface area contributed by atoms with Gasteiger partial charge < -0.3 is 15.5 Å². The number of anilines is 1. The molecule has 2 aromatic heterocycles. The number of rotatable bonds is 5. The number of aryl methyl sites for hydroxylation is 1. The predicted molar refractivity (Wildman–Crippen MR) is 119 cm³/mol. The van der Waals surface area contributed by atoms with Crippen LogP contribution in [0.15, 0.2) is 48.8 Å². The van der Waals surface area contributed by atoms with E-state index >= 15 is 0 Å². The third-order valence-corrected chi connectivity index (χ3v) is 4.96. The fourth-order valence-corrected chi connectivity index (χ4v) is 3.41. The third-order valence-electron chi connectivity index (χ3n) is 4.72. The van der Waals surface area contributed by atoms with Gasteiger partial charge in [0.2, 0.25) is 0 Å². The zero-order chi connectivity index (χ0) is 21.5. The monoisotopic (exact) mass is 423 g/mol. The molecule has 7 nitrogen and oxygen atoms in total. The second kappa shape index (κ2) is 7.59. The summed E-state index contributed by atoms with van der Waals surface area (Å²) in [5.74, 6) is 0.585. The van der Waals surface area contributed by atoms with E-state index in [-0.39, 0.29) is 5.75 Å². The van der Waals surface area contributed by atoms with Crippen LogP contribution in [0, 0.1) is 0 Å². The van der Waals surface area contributed by atoms with E-state index in [1.54, 1.807) is 36.9 Å². The lowest BCUT2D eigenvalue weighted by molar-refractivity contribution is 0.0944. The summed E-state index contributed by atoms with van der Waals surface area (Å²) >= 11 is 5.98. The lowest BCUT2D eigenvalue weighted by Gasteiger charge is -2.19. The highest BCUT2D eigenvalue weighted by molar-refractivity contribution is 6.30. The molecule has 0 aliphatic carbocycles. The van der Waals surface area contributed by atoms with E-state index < -0.39 is 5.60 Å². The molecule has 0 unspecified atom stereocenters. The van der Waals surface area contributed by atoms with E-state index in [4.69, 9.17) is 11.6 Å². The smallest absolute Gasteiger partial charge is 0.156 e. The lowest BCUT2D eigenvalue weighted by Crippen LogP contribution is -2.29. The number of benzene rings is 2. The van der Waals surface area contributed by atoms with E-state index in [1.807, 2.05) is 31.4 Å². The van der Waals surface area contributed by atoms with Crippen molar-refractivity contribution < 1.29 is 10.2 Å². The molecular weight excluding hydrogens is 402 g/mol. The number of halogens is 1. The molecule has 0 saturated carbocycles. The summed E-state index contributed by atoms with van der Waals surface area (Å²) in [7, 11) is 1.87. The molecule has 0 bridgehead atoms. The van der Waals surface area contributed by atoms with Crippen LogP contribution in [0.3, 0.4) is 0 Å². The highest BCUT2D eigenvalue weighted by atomic mass is 35.5. The number of aromatic nitrogens is 4. The van der Waals surface area contributed by atoms with Gasteiger partial charge in [-0.3, -0.25) is 4.68 Å². The lowest BCUT2D eigenvalue weighted by atomic mass is 10.00. The van der Waals surface area contributed by atoms with Crippen molar-refractivity contribution in [2.75, 3.05) is 11.9 Å². The summed E-state index contributed by atoms with van der Waals surface area (Å²) < 4.78 is 1.74. The summed E-state index contributed by atoms with van der Waals surface area (Å²) in [5, 5.41) is 38.7. The molecule has 3 N–H and O–H groups in total. The normalized spacial score (nSPS) is 11.8. The van der Waals surface area contributed by atoms with Gasteiger partial charge in [-0.15, -0.1) is 10.2 Å². The van der Waals surface area contributed by atoms with Crippen LogP contribution in [0.1, 0.15) is 13.8 Å². The predicted octanol–water partition coefficient (Wildman–Crippen LogP) is 4.24. The quantitative estimate of drug-likeness (QED) is 0.444. The molecule has 4 aromatic rings. The van der Waals surface area contributed by atoms with Gasteiger partial charge in [0.1, 0.15) is 11.4 Å². The van der Waals surface area contributed by atoms with Crippen molar-refractivity contribution in [2.45, 2.75) is 19.4 Å². The Morgan fingerprint density at radius 1 is 1.07 bits per heavy atom. The maximum absolute atomic E-state index is 10.4. The molecule has 4 rings (SSSR count). The molecule has 0 radical (unpaired) electrons. The van der Waals surface area contributed by atoms with Crippen molar-refractivity contribution in [1.29, 1.82) is 0 Å². The number of hydrogen-bond donors (Lipinski definition) is 3. The van der Waals surface area contributed by atoms with Crippen molar-refractivity contribution in [2.24, 2.45) is 7.05 Å². The first kappa shape index (κ1) is 20.1. The molecule has 0 aliphatic heterocycles. The topological polar surface area (TPSA) is 96.1 Å². The van der Waals surface area contributed by atoms with Crippen LogP contribution < -0.4 is 5.32 Å². The minimum atomic E-state index is -0.915. The Labute approximate surface area is 179 Å². The standard InChI is InChI=1S/C22H22ClN5O2/c1-22(2,30)12-24-21-18-8-13(14-10-25-28(3)11-14)4-6-16(18)20(26-27-21)17-7-5-15(23)9-19(17)29/h4-11,29-30H,12H2,1-3H3,(H,24,27). The van der Waals surface area contributed by atoms with Crippen LogP contribution in [0.2, 0.25) is 5.02 Å². The summed E-state index contributed by atoms with van der Waals surface area (Å²) in [6, 6.07) is 10.8. The highest BCUT2D eigenvalue weighted by Gasteiger charge is 2.18. The molecule has 0 atom stereocenters. The van der Waals surface area contributed by atoms with Gasteiger partial charge in [0.05, 0.1) is 11.8 Å². The van der Waals surface area contributed by atoms with Crippen molar-refractivity contribution in [3.63, 3.8) is 0 Å². The van der Waals surface area contributed by atoms with E-state index in [0.29, 0.717) is 28.6 Å². The van der Waals surface area contributed by atoms with Crippen molar-refractivity contribution >= 4 is 28.2 Å². The molecule has 154 valence electrons. The number of nitrogens with zero attached hydrogens (tertiary/aromatic N) is 4. The first-order chi connectivity index (χ1) is 14.2. The number of fused-ring (bicyclic) bond motifs is 1. The molecule has 0 saturated heterocycles. The van der Waals surface area contributed by atoms with Crippen LogP contribution in [0.4, 0.5) is 5.82 Å². The Morgan fingerprint density at radius 2 is 1.87 bits per heavy atom. The average molecular weight is 424 g/mol. The minimum absolute atomic E-state index is 0.0339. The fourth-order valence-electron chi connectivity index (χ4n) is 3.24. The number of aliphatic hydroxyl groups is 1. The SMILES string of the molecule is Cn1cc(-c2ccc3c(-c4ccc(Cl)cc4O)nnc(NCC(C)(C)O)c3c2)cn1. The molecule has 2 heterocycles. The first-order valence-electron chi connectivity index (χ1n) is 9.46. The van der Waals surface area contributed by atoms with Crippen LogP contribution in [-0.2, 0) is 7.05 Å². The Morgan fingerprint density at radius 3 is 2.53 bits per heavy atom. The summed E-state index contributed by atoms with van der Waals surface area (Å²) in [4.78, 5) is 0. The van der Waals surface area contributed by atoms with Crippen molar-refractivity contribution in [3.05, 3.63) is 53.8 Å². The van der Waals surface area contributed by atoms with Crippen LogP contribution in [-0.4, -0.2) is 42.3 Å². The molecule has 0 fully saturated rings. The molecular formula is C22H22ClN5O2. The van der Waals surface area contributed by atoms with E-state index in [1.165, 1.54) is 6.07 Å². The van der Waals surface area contributed by atoms with Crippen LogP contribution >= 0.6 is 11.6 Å². The highest BCUT2D eigenvalue weighted by Crippen LogP contribution is 2.37. The van der Waals surface area contributed by atoms with E-state index in [2.05, 4.69) is 20.6 Å². The number of nitrogens with one attached hydrogen (secondary N) is 1. The summed E-state index contributed by atoms with van der Waals surface area (Å²) in [6.07, 6.45) is 3.73. The molecule has 30 heavy (non-hydrogen) atoms. The number of hydrogen-bond acceptors (Lipinski definition) is 6. The summed E-state index contributed by atoms with van der Waals surface area (Å²) in [6.45, 7) is 3.74. The zero-order valence-corrected chi connectivity index (χ0v) is 17.6. The fraction of sp³-hybridized carbons (Fsp3) is 0.227. The van der Waals surface area contributed by atoms with Gasteiger partial charge >= 0.3 is 0 Å². The van der Waals surface area contributed by atoms with Gasteiger partial charge in [-0.25, -0.2) is 0 Å². The van der Waals surface area contributed by atoms with Gasteiger partial charge in [-0.2, -0.15) is 5.10 Å². The van der Waals surface area contributed by atoms with E-state index in [9.17, 15) is 10.2 Å². The number of aromatic hydroxyl groups is 1. The Bertz CT molecular complexity index is 1230. The van der Waals surface area contributed by atoms with Crippen LogP contribution in [0.25, 0.3) is 33.2 Å². The average Bonchev–Trinajstić information content (AvgIpc) is 3.12. The van der Waals surface area contributed by atoms with Crippen molar-refractivity contribution in [1.82, 2.24) is 20.0 Å². The van der Waals surface area contributed by atoms with Gasteiger partial charge in [-0.1, -0.05) is 23.7 Å². The minimum Gasteiger partial charge on any atom is -0.507 e. The Kier molecular flexibility index (Phi) is 5.09. The van der Waals surface area contributed by atoms with Gasteiger partial charge in [-0.05, 0) is 43.7 Å². The molecule has 0 amide bonds. The molecule has 8 heteroatoms. The zero-order valence-electron chi connectivity index (χ0n) is 16.9. The summed E-state index contributed by atoms with van der Waals surface area (Å²) in [5.41, 5.74) is 2.12. The molecule has 0 spiro atoms.